The van der Waals surface area contributed by atoms with Gasteiger partial charge in [-0.25, -0.2) is 4.39 Å². The third kappa shape index (κ3) is 6.07. The van der Waals surface area contributed by atoms with Crippen molar-refractivity contribution in [2.24, 2.45) is 10.8 Å². The molecule has 1 heterocycles. The van der Waals surface area contributed by atoms with Gasteiger partial charge >= 0.3 is 0 Å². The SMILES string of the molecule is COCCCN1C2=C(C(=O)CC(C)(C)C2)C(c2cc(Br)ccc2OCc2ccccc2F)C2=C1CC(C)(C)CC2=O. The topological polar surface area (TPSA) is 55.8 Å². The Morgan fingerprint density at radius 3 is 2.12 bits per heavy atom. The van der Waals surface area contributed by atoms with Gasteiger partial charge in [0.15, 0.2) is 11.6 Å². The summed E-state index contributed by atoms with van der Waals surface area (Å²) in [5.74, 6) is -0.188. The fourth-order valence-corrected chi connectivity index (χ4v) is 7.02. The second-order valence-corrected chi connectivity index (χ2v) is 14.0. The number of rotatable bonds is 8. The number of hydrogen-bond acceptors (Lipinski definition) is 5. The first-order valence-electron chi connectivity index (χ1n) is 14.4. The molecule has 1 aliphatic heterocycles. The van der Waals surface area contributed by atoms with E-state index in [0.29, 0.717) is 48.5 Å². The first-order valence-corrected chi connectivity index (χ1v) is 15.1. The van der Waals surface area contributed by atoms with Gasteiger partial charge in [-0.1, -0.05) is 61.8 Å². The Bertz CT molecular complexity index is 1390. The number of Topliss-reactive ketones (excluding diaryl/α,β-unsaturated/α-hetero) is 2. The van der Waals surface area contributed by atoms with E-state index in [1.54, 1.807) is 25.3 Å². The molecule has 41 heavy (non-hydrogen) atoms. The van der Waals surface area contributed by atoms with Crippen LogP contribution < -0.4 is 4.74 Å². The van der Waals surface area contributed by atoms with Crippen molar-refractivity contribution in [3.63, 3.8) is 0 Å². The number of allylic oxidation sites excluding steroid dienone is 4. The van der Waals surface area contributed by atoms with Crippen molar-refractivity contribution in [2.45, 2.75) is 72.3 Å². The van der Waals surface area contributed by atoms with Gasteiger partial charge in [-0.2, -0.15) is 0 Å². The monoisotopic (exact) mass is 623 g/mol. The van der Waals surface area contributed by atoms with Crippen LogP contribution in [0.4, 0.5) is 4.39 Å². The lowest BCUT2D eigenvalue weighted by Gasteiger charge is -2.49. The van der Waals surface area contributed by atoms with Crippen molar-refractivity contribution in [3.05, 3.63) is 86.4 Å². The molecule has 0 saturated carbocycles. The van der Waals surface area contributed by atoms with Gasteiger partial charge in [-0.05, 0) is 54.4 Å². The molecule has 0 spiro atoms. The average molecular weight is 625 g/mol. The third-order valence-electron chi connectivity index (χ3n) is 8.38. The van der Waals surface area contributed by atoms with Crippen LogP contribution in [0.5, 0.6) is 5.75 Å². The summed E-state index contributed by atoms with van der Waals surface area (Å²) in [5, 5.41) is 0. The minimum absolute atomic E-state index is 0.0386. The number of halogens is 2. The number of methoxy groups -OCH3 is 1. The van der Waals surface area contributed by atoms with Crippen LogP contribution in [0.25, 0.3) is 0 Å². The number of carbonyl (C=O) groups is 2. The average Bonchev–Trinajstić information content (AvgIpc) is 2.88. The Kier molecular flexibility index (Phi) is 8.32. The number of nitrogens with zero attached hydrogens (tertiary/aromatic N) is 1. The summed E-state index contributed by atoms with van der Waals surface area (Å²) in [5.41, 5.74) is 4.22. The zero-order chi connectivity index (χ0) is 29.5. The summed E-state index contributed by atoms with van der Waals surface area (Å²) in [6, 6.07) is 12.2. The molecular weight excluding hydrogens is 585 g/mol. The zero-order valence-corrected chi connectivity index (χ0v) is 26.2. The molecule has 5 rings (SSSR count). The zero-order valence-electron chi connectivity index (χ0n) is 24.6. The lowest BCUT2D eigenvalue weighted by Crippen LogP contribution is -2.45. The van der Waals surface area contributed by atoms with Crippen LogP contribution in [0.3, 0.4) is 0 Å². The minimum Gasteiger partial charge on any atom is -0.488 e. The number of hydrogen-bond donors (Lipinski definition) is 0. The van der Waals surface area contributed by atoms with Crippen LogP contribution in [0.2, 0.25) is 0 Å². The van der Waals surface area contributed by atoms with Gasteiger partial charge in [0.1, 0.15) is 18.2 Å². The molecule has 0 atom stereocenters. The maximum absolute atomic E-state index is 14.5. The molecule has 0 bridgehead atoms. The summed E-state index contributed by atoms with van der Waals surface area (Å²) in [4.78, 5) is 30.4. The summed E-state index contributed by atoms with van der Waals surface area (Å²) >= 11 is 3.63. The molecule has 0 saturated heterocycles. The van der Waals surface area contributed by atoms with Crippen molar-refractivity contribution in [2.75, 3.05) is 20.3 Å². The standard InChI is InChI=1S/C34H39BrFNO4/c1-33(2)16-25-31(27(38)18-33)30(32-26(37(25)13-8-14-40-5)17-34(3,4)19-28(32)39)23-15-22(35)11-12-29(23)41-20-21-9-6-7-10-24(21)36/h6-7,9-12,15,30H,8,13-14,16-20H2,1-5H3. The lowest BCUT2D eigenvalue weighted by atomic mass is 9.63. The summed E-state index contributed by atoms with van der Waals surface area (Å²) in [6.45, 7) is 9.87. The minimum atomic E-state index is -0.543. The summed E-state index contributed by atoms with van der Waals surface area (Å²) in [7, 11) is 1.69. The van der Waals surface area contributed by atoms with Gasteiger partial charge in [0.05, 0.1) is 0 Å². The van der Waals surface area contributed by atoms with Crippen LogP contribution in [0, 0.1) is 16.6 Å². The van der Waals surface area contributed by atoms with Crippen molar-refractivity contribution >= 4 is 27.5 Å². The van der Waals surface area contributed by atoms with Crippen molar-refractivity contribution in [1.29, 1.82) is 0 Å². The maximum Gasteiger partial charge on any atom is 0.162 e. The van der Waals surface area contributed by atoms with E-state index in [9.17, 15) is 14.0 Å². The van der Waals surface area contributed by atoms with Gasteiger partial charge in [0.2, 0.25) is 0 Å². The highest BCUT2D eigenvalue weighted by Crippen LogP contribution is 2.55. The number of benzene rings is 2. The lowest BCUT2D eigenvalue weighted by molar-refractivity contribution is -0.119. The van der Waals surface area contributed by atoms with Gasteiger partial charge < -0.3 is 14.4 Å². The predicted octanol–water partition coefficient (Wildman–Crippen LogP) is 7.89. The second-order valence-electron chi connectivity index (χ2n) is 13.1. The number of ether oxygens (including phenoxy) is 2. The van der Waals surface area contributed by atoms with Crippen LogP contribution in [0.1, 0.15) is 76.8 Å². The molecule has 0 amide bonds. The highest BCUT2D eigenvalue weighted by molar-refractivity contribution is 9.10. The van der Waals surface area contributed by atoms with Gasteiger partial charge in [-0.15, -0.1) is 0 Å². The van der Waals surface area contributed by atoms with E-state index in [0.717, 1.165) is 40.7 Å². The molecule has 0 unspecified atom stereocenters. The molecule has 0 radical (unpaired) electrons. The highest BCUT2D eigenvalue weighted by atomic mass is 79.9. The fraction of sp³-hybridized carbons (Fsp3) is 0.471. The number of ketones is 2. The van der Waals surface area contributed by atoms with Crippen molar-refractivity contribution in [1.82, 2.24) is 4.90 Å². The molecule has 5 nitrogen and oxygen atoms in total. The smallest absolute Gasteiger partial charge is 0.162 e. The maximum atomic E-state index is 14.5. The van der Waals surface area contributed by atoms with Gasteiger partial charge in [0, 0.05) is 77.2 Å². The molecule has 0 fully saturated rings. The first kappa shape index (κ1) is 29.7. The van der Waals surface area contributed by atoms with Crippen molar-refractivity contribution < 1.29 is 23.5 Å². The molecule has 0 aromatic heterocycles. The van der Waals surface area contributed by atoms with E-state index in [1.807, 2.05) is 18.2 Å². The predicted molar refractivity (Wildman–Crippen MR) is 161 cm³/mol. The Morgan fingerprint density at radius 2 is 1.54 bits per heavy atom. The molecule has 3 aliphatic rings. The van der Waals surface area contributed by atoms with Crippen LogP contribution in [0.15, 0.2) is 69.5 Å². The Morgan fingerprint density at radius 1 is 0.927 bits per heavy atom. The second kappa shape index (κ2) is 11.5. The molecule has 0 N–H and O–H groups in total. The van der Waals surface area contributed by atoms with Crippen LogP contribution in [-0.2, 0) is 20.9 Å². The molecule has 2 aromatic rings. The normalized spacial score (nSPS) is 20.3. The highest BCUT2D eigenvalue weighted by Gasteiger charge is 2.49. The van der Waals surface area contributed by atoms with E-state index in [4.69, 9.17) is 9.47 Å². The molecule has 2 aromatic carbocycles. The quantitative estimate of drug-likeness (QED) is 0.280. The van der Waals surface area contributed by atoms with Gasteiger partial charge in [-0.3, -0.25) is 9.59 Å². The van der Waals surface area contributed by atoms with Crippen molar-refractivity contribution in [3.8, 4) is 5.75 Å². The van der Waals surface area contributed by atoms with E-state index in [-0.39, 0.29) is 34.8 Å². The van der Waals surface area contributed by atoms with Crippen LogP contribution >= 0.6 is 15.9 Å². The Balaban J connectivity index is 1.69. The largest absolute Gasteiger partial charge is 0.488 e. The fourth-order valence-electron chi connectivity index (χ4n) is 6.64. The molecule has 218 valence electrons. The summed E-state index contributed by atoms with van der Waals surface area (Å²) in [6.07, 6.45) is 3.09. The van der Waals surface area contributed by atoms with Gasteiger partial charge in [0.25, 0.3) is 0 Å². The first-order chi connectivity index (χ1) is 19.4. The molecule has 7 heteroatoms. The summed E-state index contributed by atoms with van der Waals surface area (Å²) < 4.78 is 26.9. The van der Waals surface area contributed by atoms with E-state index >= 15 is 0 Å². The van der Waals surface area contributed by atoms with Crippen LogP contribution in [-0.4, -0.2) is 36.7 Å². The Hall–Kier alpha value is -2.77. The molecular formula is C34H39BrFNO4. The number of carbonyl (C=O) groups excluding carboxylic acids is 2. The third-order valence-corrected chi connectivity index (χ3v) is 8.87. The Labute approximate surface area is 250 Å². The van der Waals surface area contributed by atoms with E-state index < -0.39 is 5.92 Å². The van der Waals surface area contributed by atoms with E-state index in [1.165, 1.54) is 6.07 Å². The van der Waals surface area contributed by atoms with E-state index in [2.05, 4.69) is 48.5 Å². The molecule has 2 aliphatic carbocycles.